The molecule has 0 aliphatic carbocycles. The SMILES string of the molecule is COc1ccc(N2CCN(Cc3ccnc(N4CCCC4)n3)CC2)cc1. The van der Waals surface area contributed by atoms with Gasteiger partial charge in [-0.05, 0) is 43.2 Å². The van der Waals surface area contributed by atoms with Gasteiger partial charge in [-0.25, -0.2) is 9.97 Å². The van der Waals surface area contributed by atoms with Crippen molar-refractivity contribution in [2.75, 3.05) is 56.2 Å². The van der Waals surface area contributed by atoms with Crippen LogP contribution in [-0.2, 0) is 6.54 Å². The van der Waals surface area contributed by atoms with Gasteiger partial charge in [-0.15, -0.1) is 0 Å². The summed E-state index contributed by atoms with van der Waals surface area (Å²) < 4.78 is 5.24. The fourth-order valence-corrected chi connectivity index (χ4v) is 3.73. The first-order valence-electron chi connectivity index (χ1n) is 9.50. The molecule has 2 aliphatic rings. The van der Waals surface area contributed by atoms with Crippen molar-refractivity contribution >= 4 is 11.6 Å². The van der Waals surface area contributed by atoms with E-state index in [1.807, 2.05) is 18.3 Å². The summed E-state index contributed by atoms with van der Waals surface area (Å²) in [4.78, 5) is 16.5. The number of aromatic nitrogens is 2. The molecule has 2 aliphatic heterocycles. The zero-order valence-electron chi connectivity index (χ0n) is 15.5. The molecule has 0 atom stereocenters. The molecular weight excluding hydrogens is 326 g/mol. The van der Waals surface area contributed by atoms with Gasteiger partial charge < -0.3 is 14.5 Å². The van der Waals surface area contributed by atoms with E-state index in [1.165, 1.54) is 18.5 Å². The Hall–Kier alpha value is -2.34. The Labute approximate surface area is 155 Å². The number of piperazine rings is 1. The summed E-state index contributed by atoms with van der Waals surface area (Å²) in [6, 6.07) is 10.4. The second-order valence-electron chi connectivity index (χ2n) is 7.00. The lowest BCUT2D eigenvalue weighted by Gasteiger charge is -2.36. The molecule has 6 nitrogen and oxygen atoms in total. The van der Waals surface area contributed by atoms with Crippen LogP contribution in [0.1, 0.15) is 18.5 Å². The fraction of sp³-hybridized carbons (Fsp3) is 0.500. The van der Waals surface area contributed by atoms with Crippen molar-refractivity contribution < 1.29 is 4.74 Å². The van der Waals surface area contributed by atoms with E-state index in [9.17, 15) is 0 Å². The maximum absolute atomic E-state index is 5.24. The van der Waals surface area contributed by atoms with Crippen LogP contribution in [0.15, 0.2) is 36.5 Å². The molecule has 26 heavy (non-hydrogen) atoms. The predicted molar refractivity (Wildman–Crippen MR) is 104 cm³/mol. The lowest BCUT2D eigenvalue weighted by molar-refractivity contribution is 0.247. The van der Waals surface area contributed by atoms with Gasteiger partial charge in [0.2, 0.25) is 5.95 Å². The van der Waals surface area contributed by atoms with Gasteiger partial charge in [-0.2, -0.15) is 0 Å². The van der Waals surface area contributed by atoms with Gasteiger partial charge in [0.1, 0.15) is 5.75 Å². The van der Waals surface area contributed by atoms with Crippen molar-refractivity contribution in [2.24, 2.45) is 0 Å². The molecule has 0 spiro atoms. The van der Waals surface area contributed by atoms with Crippen LogP contribution in [0.2, 0.25) is 0 Å². The highest BCUT2D eigenvalue weighted by Crippen LogP contribution is 2.21. The zero-order valence-corrected chi connectivity index (χ0v) is 15.5. The minimum atomic E-state index is 0.900. The van der Waals surface area contributed by atoms with Gasteiger partial charge in [0.25, 0.3) is 0 Å². The molecule has 2 saturated heterocycles. The van der Waals surface area contributed by atoms with Gasteiger partial charge >= 0.3 is 0 Å². The summed E-state index contributed by atoms with van der Waals surface area (Å²) in [6.07, 6.45) is 4.41. The Morgan fingerprint density at radius 3 is 2.31 bits per heavy atom. The van der Waals surface area contributed by atoms with Crippen LogP contribution in [0.5, 0.6) is 5.75 Å². The minimum Gasteiger partial charge on any atom is -0.497 e. The van der Waals surface area contributed by atoms with Crippen molar-refractivity contribution in [3.8, 4) is 5.75 Å². The molecule has 3 heterocycles. The van der Waals surface area contributed by atoms with E-state index in [0.29, 0.717) is 0 Å². The lowest BCUT2D eigenvalue weighted by Crippen LogP contribution is -2.46. The molecule has 0 N–H and O–H groups in total. The van der Waals surface area contributed by atoms with Crippen LogP contribution in [-0.4, -0.2) is 61.2 Å². The summed E-state index contributed by atoms with van der Waals surface area (Å²) in [7, 11) is 1.70. The number of ether oxygens (including phenoxy) is 1. The van der Waals surface area contributed by atoms with Crippen molar-refractivity contribution in [1.82, 2.24) is 14.9 Å². The highest BCUT2D eigenvalue weighted by atomic mass is 16.5. The highest BCUT2D eigenvalue weighted by molar-refractivity contribution is 5.49. The average Bonchev–Trinajstić information content (AvgIpc) is 3.24. The van der Waals surface area contributed by atoms with Crippen molar-refractivity contribution in [3.63, 3.8) is 0 Å². The molecule has 2 fully saturated rings. The monoisotopic (exact) mass is 353 g/mol. The van der Waals surface area contributed by atoms with Gasteiger partial charge in [0.15, 0.2) is 0 Å². The molecule has 1 aromatic heterocycles. The topological polar surface area (TPSA) is 44.7 Å². The molecule has 0 unspecified atom stereocenters. The molecule has 0 radical (unpaired) electrons. The quantitative estimate of drug-likeness (QED) is 0.823. The first kappa shape index (κ1) is 17.1. The molecule has 1 aromatic carbocycles. The van der Waals surface area contributed by atoms with E-state index in [2.05, 4.69) is 37.9 Å². The number of rotatable bonds is 5. The number of nitrogens with zero attached hydrogens (tertiary/aromatic N) is 5. The Bertz CT molecular complexity index is 706. The molecular formula is C20H27N5O. The van der Waals surface area contributed by atoms with Gasteiger partial charge in [-0.3, -0.25) is 4.90 Å². The average molecular weight is 353 g/mol. The van der Waals surface area contributed by atoms with Crippen LogP contribution in [0.25, 0.3) is 0 Å². The number of anilines is 2. The zero-order chi connectivity index (χ0) is 17.8. The van der Waals surface area contributed by atoms with Crippen LogP contribution in [0.4, 0.5) is 11.6 Å². The van der Waals surface area contributed by atoms with Gasteiger partial charge in [0.05, 0.1) is 12.8 Å². The third-order valence-electron chi connectivity index (χ3n) is 5.28. The van der Waals surface area contributed by atoms with E-state index in [-0.39, 0.29) is 0 Å². The molecule has 0 amide bonds. The molecule has 0 saturated carbocycles. The summed E-state index contributed by atoms with van der Waals surface area (Å²) in [5.41, 5.74) is 2.39. The lowest BCUT2D eigenvalue weighted by atomic mass is 10.2. The maximum Gasteiger partial charge on any atom is 0.225 e. The maximum atomic E-state index is 5.24. The Morgan fingerprint density at radius 2 is 1.62 bits per heavy atom. The summed E-state index contributed by atoms with van der Waals surface area (Å²) in [5, 5.41) is 0. The molecule has 0 bridgehead atoms. The van der Waals surface area contributed by atoms with Crippen molar-refractivity contribution in [3.05, 3.63) is 42.2 Å². The second-order valence-corrected chi connectivity index (χ2v) is 7.00. The van der Waals surface area contributed by atoms with E-state index < -0.39 is 0 Å². The van der Waals surface area contributed by atoms with Crippen LogP contribution in [0, 0.1) is 0 Å². The molecule has 138 valence electrons. The van der Waals surface area contributed by atoms with Crippen molar-refractivity contribution in [1.29, 1.82) is 0 Å². The van der Waals surface area contributed by atoms with Gasteiger partial charge in [-0.1, -0.05) is 0 Å². The molecule has 4 rings (SSSR count). The third kappa shape index (κ3) is 3.90. The summed E-state index contributed by atoms with van der Waals surface area (Å²) in [5.74, 6) is 1.81. The second kappa shape index (κ2) is 7.91. The van der Waals surface area contributed by atoms with E-state index in [4.69, 9.17) is 9.72 Å². The number of methoxy groups -OCH3 is 1. The predicted octanol–water partition coefficient (Wildman–Crippen LogP) is 2.41. The Kier molecular flexibility index (Phi) is 5.20. The largest absolute Gasteiger partial charge is 0.497 e. The first-order valence-corrected chi connectivity index (χ1v) is 9.50. The van der Waals surface area contributed by atoms with E-state index in [1.54, 1.807) is 7.11 Å². The van der Waals surface area contributed by atoms with E-state index in [0.717, 1.165) is 63.2 Å². The van der Waals surface area contributed by atoms with Crippen LogP contribution in [0.3, 0.4) is 0 Å². The smallest absolute Gasteiger partial charge is 0.225 e. The fourth-order valence-electron chi connectivity index (χ4n) is 3.73. The van der Waals surface area contributed by atoms with Crippen LogP contribution >= 0.6 is 0 Å². The third-order valence-corrected chi connectivity index (χ3v) is 5.28. The number of hydrogen-bond donors (Lipinski definition) is 0. The highest BCUT2D eigenvalue weighted by Gasteiger charge is 2.19. The minimum absolute atomic E-state index is 0.900. The number of hydrogen-bond acceptors (Lipinski definition) is 6. The van der Waals surface area contributed by atoms with Crippen molar-refractivity contribution in [2.45, 2.75) is 19.4 Å². The first-order chi connectivity index (χ1) is 12.8. The molecule has 2 aromatic rings. The van der Waals surface area contributed by atoms with Gasteiger partial charge in [0, 0.05) is 57.7 Å². The van der Waals surface area contributed by atoms with Crippen LogP contribution < -0.4 is 14.5 Å². The number of benzene rings is 1. The molecule has 6 heteroatoms. The standard InChI is InChI=1S/C20H27N5O/c1-26-19-6-4-18(5-7-19)24-14-12-23(13-15-24)16-17-8-9-21-20(22-17)25-10-2-3-11-25/h4-9H,2-3,10-16H2,1H3. The summed E-state index contributed by atoms with van der Waals surface area (Å²) in [6.45, 7) is 7.25. The summed E-state index contributed by atoms with van der Waals surface area (Å²) >= 11 is 0. The Morgan fingerprint density at radius 1 is 0.885 bits per heavy atom. The van der Waals surface area contributed by atoms with E-state index >= 15 is 0 Å². The normalized spacial score (nSPS) is 18.3. The Balaban J connectivity index is 1.32.